The van der Waals surface area contributed by atoms with Gasteiger partial charge in [-0.15, -0.1) is 11.8 Å². The largest absolute Gasteiger partial charge is 0.490 e. The third-order valence-corrected chi connectivity index (χ3v) is 7.05. The lowest BCUT2D eigenvalue weighted by atomic mass is 10.0. The number of esters is 1. The molecule has 33 heavy (non-hydrogen) atoms. The number of allylic oxidation sites excluding steroid dienone is 1. The summed E-state index contributed by atoms with van der Waals surface area (Å²) >= 11 is 1.53. The zero-order chi connectivity index (χ0) is 23.7. The SMILES string of the molecule is CCOC(=O)[C@](C)(CC)Sc1ccc(OCC=C(C)c2ccc(-c3ccccc3)cc2)cc1. The molecule has 3 aromatic carbocycles. The highest BCUT2D eigenvalue weighted by atomic mass is 32.2. The Labute approximate surface area is 201 Å². The quantitative estimate of drug-likeness (QED) is 0.230. The molecule has 4 heteroatoms. The van der Waals surface area contributed by atoms with Gasteiger partial charge in [-0.2, -0.15) is 0 Å². The molecule has 3 rings (SSSR count). The Hall–Kier alpha value is -2.98. The summed E-state index contributed by atoms with van der Waals surface area (Å²) in [5.41, 5.74) is 4.79. The topological polar surface area (TPSA) is 35.5 Å². The van der Waals surface area contributed by atoms with Crippen molar-refractivity contribution in [2.75, 3.05) is 13.2 Å². The summed E-state index contributed by atoms with van der Waals surface area (Å²) in [4.78, 5) is 13.3. The summed E-state index contributed by atoms with van der Waals surface area (Å²) in [6.45, 7) is 8.76. The van der Waals surface area contributed by atoms with E-state index in [0.29, 0.717) is 19.6 Å². The summed E-state index contributed by atoms with van der Waals surface area (Å²) in [5, 5.41) is 0. The molecule has 0 aliphatic heterocycles. The number of ether oxygens (including phenoxy) is 2. The highest BCUT2D eigenvalue weighted by Crippen LogP contribution is 2.37. The number of hydrogen-bond donors (Lipinski definition) is 0. The number of hydrogen-bond acceptors (Lipinski definition) is 4. The minimum Gasteiger partial charge on any atom is -0.490 e. The van der Waals surface area contributed by atoms with Crippen LogP contribution in [-0.4, -0.2) is 23.9 Å². The van der Waals surface area contributed by atoms with Crippen LogP contribution in [0.4, 0.5) is 0 Å². The lowest BCUT2D eigenvalue weighted by Crippen LogP contribution is -2.32. The fourth-order valence-corrected chi connectivity index (χ4v) is 4.42. The predicted octanol–water partition coefficient (Wildman–Crippen LogP) is 7.66. The third-order valence-electron chi connectivity index (χ3n) is 5.64. The maximum absolute atomic E-state index is 12.3. The van der Waals surface area contributed by atoms with E-state index in [0.717, 1.165) is 10.6 Å². The summed E-state index contributed by atoms with van der Waals surface area (Å²) < 4.78 is 10.6. The van der Waals surface area contributed by atoms with Crippen LogP contribution in [0.5, 0.6) is 5.75 Å². The second kappa shape index (κ2) is 11.8. The fraction of sp³-hybridized carbons (Fsp3) is 0.276. The first-order chi connectivity index (χ1) is 15.9. The molecule has 0 spiro atoms. The maximum Gasteiger partial charge on any atom is 0.322 e. The van der Waals surface area contributed by atoms with Gasteiger partial charge in [-0.3, -0.25) is 4.79 Å². The summed E-state index contributed by atoms with van der Waals surface area (Å²) in [6.07, 6.45) is 2.79. The fourth-order valence-electron chi connectivity index (χ4n) is 3.34. The zero-order valence-corrected chi connectivity index (χ0v) is 20.7. The molecule has 0 fully saturated rings. The van der Waals surface area contributed by atoms with Crippen LogP contribution in [0.1, 0.15) is 39.7 Å². The zero-order valence-electron chi connectivity index (χ0n) is 19.8. The van der Waals surface area contributed by atoms with Gasteiger partial charge in [-0.1, -0.05) is 61.5 Å². The molecule has 0 radical (unpaired) electrons. The summed E-state index contributed by atoms with van der Waals surface area (Å²) in [5.74, 6) is 0.632. The van der Waals surface area contributed by atoms with Gasteiger partial charge in [-0.25, -0.2) is 0 Å². The molecule has 0 bridgehead atoms. The minimum atomic E-state index is -0.589. The van der Waals surface area contributed by atoms with E-state index < -0.39 is 4.75 Å². The molecule has 0 saturated carbocycles. The molecular formula is C29H32O3S. The number of benzene rings is 3. The molecular weight excluding hydrogens is 428 g/mol. The number of rotatable bonds is 10. The monoisotopic (exact) mass is 460 g/mol. The highest BCUT2D eigenvalue weighted by molar-refractivity contribution is 8.01. The predicted molar refractivity (Wildman–Crippen MR) is 139 cm³/mol. The second-order valence-electron chi connectivity index (χ2n) is 8.02. The molecule has 0 saturated heterocycles. The molecule has 0 aliphatic rings. The van der Waals surface area contributed by atoms with Gasteiger partial charge < -0.3 is 9.47 Å². The highest BCUT2D eigenvalue weighted by Gasteiger charge is 2.34. The maximum atomic E-state index is 12.3. The van der Waals surface area contributed by atoms with Gasteiger partial charge >= 0.3 is 5.97 Å². The first-order valence-corrected chi connectivity index (χ1v) is 12.2. The van der Waals surface area contributed by atoms with E-state index >= 15 is 0 Å². The number of carbonyl (C=O) groups excluding carboxylic acids is 1. The lowest BCUT2D eigenvalue weighted by molar-refractivity contribution is -0.145. The Kier molecular flexibility index (Phi) is 8.79. The van der Waals surface area contributed by atoms with Crippen molar-refractivity contribution in [2.24, 2.45) is 0 Å². The molecule has 172 valence electrons. The van der Waals surface area contributed by atoms with Crippen LogP contribution in [0.3, 0.4) is 0 Å². The van der Waals surface area contributed by atoms with E-state index in [9.17, 15) is 4.79 Å². The van der Waals surface area contributed by atoms with Gasteiger partial charge in [-0.05, 0) is 79.8 Å². The van der Waals surface area contributed by atoms with Gasteiger partial charge in [0.15, 0.2) is 0 Å². The molecule has 0 N–H and O–H groups in total. The van der Waals surface area contributed by atoms with E-state index in [2.05, 4.69) is 61.5 Å². The van der Waals surface area contributed by atoms with Crippen LogP contribution in [-0.2, 0) is 9.53 Å². The Morgan fingerprint density at radius 3 is 2.15 bits per heavy atom. The smallest absolute Gasteiger partial charge is 0.322 e. The van der Waals surface area contributed by atoms with E-state index in [1.165, 1.54) is 34.0 Å². The lowest BCUT2D eigenvalue weighted by Gasteiger charge is -2.25. The van der Waals surface area contributed by atoms with E-state index in [1.807, 2.05) is 51.1 Å². The molecule has 3 aromatic rings. The van der Waals surface area contributed by atoms with Crippen molar-refractivity contribution in [3.63, 3.8) is 0 Å². The Balaban J connectivity index is 1.56. The first-order valence-electron chi connectivity index (χ1n) is 11.4. The van der Waals surface area contributed by atoms with Crippen molar-refractivity contribution in [2.45, 2.75) is 43.8 Å². The van der Waals surface area contributed by atoms with E-state index in [1.54, 1.807) is 0 Å². The van der Waals surface area contributed by atoms with Crippen molar-refractivity contribution >= 4 is 23.3 Å². The van der Waals surface area contributed by atoms with Crippen LogP contribution in [0, 0.1) is 0 Å². The summed E-state index contributed by atoms with van der Waals surface area (Å²) in [6, 6.07) is 26.9. The molecule has 0 heterocycles. The van der Waals surface area contributed by atoms with Gasteiger partial charge in [0.2, 0.25) is 0 Å². The van der Waals surface area contributed by atoms with Crippen LogP contribution in [0.25, 0.3) is 16.7 Å². The molecule has 1 atom stereocenters. The first kappa shape index (κ1) is 24.7. The summed E-state index contributed by atoms with van der Waals surface area (Å²) in [7, 11) is 0. The van der Waals surface area contributed by atoms with Gasteiger partial charge in [0.25, 0.3) is 0 Å². The van der Waals surface area contributed by atoms with E-state index in [4.69, 9.17) is 9.47 Å². The van der Waals surface area contributed by atoms with Crippen LogP contribution in [0.15, 0.2) is 89.8 Å². The Morgan fingerprint density at radius 2 is 1.55 bits per heavy atom. The Morgan fingerprint density at radius 1 is 0.909 bits per heavy atom. The molecule has 3 nitrogen and oxygen atoms in total. The van der Waals surface area contributed by atoms with E-state index in [-0.39, 0.29) is 5.97 Å². The molecule has 0 amide bonds. The standard InChI is InChI=1S/C29H32O3S/c1-5-29(4,28(30)31-6-2)33-27-18-16-26(17-19-27)32-21-20-22(3)23-12-14-25(15-13-23)24-10-8-7-9-11-24/h7-20H,5-6,21H2,1-4H3/t29-/m0/s1. The molecule has 0 aliphatic carbocycles. The van der Waals surface area contributed by atoms with Gasteiger partial charge in [0, 0.05) is 4.90 Å². The normalized spacial score (nSPS) is 13.3. The van der Waals surface area contributed by atoms with Crippen molar-refractivity contribution < 1.29 is 14.3 Å². The number of carbonyl (C=O) groups is 1. The third kappa shape index (κ3) is 6.75. The number of thioether (sulfide) groups is 1. The van der Waals surface area contributed by atoms with Crippen LogP contribution >= 0.6 is 11.8 Å². The van der Waals surface area contributed by atoms with Crippen molar-refractivity contribution in [1.82, 2.24) is 0 Å². The minimum absolute atomic E-state index is 0.171. The van der Waals surface area contributed by atoms with Gasteiger partial charge in [0.05, 0.1) is 6.61 Å². The van der Waals surface area contributed by atoms with Crippen LogP contribution < -0.4 is 4.74 Å². The van der Waals surface area contributed by atoms with Crippen molar-refractivity contribution in [3.8, 4) is 16.9 Å². The average Bonchev–Trinajstić information content (AvgIpc) is 2.85. The molecule has 0 unspecified atom stereocenters. The van der Waals surface area contributed by atoms with Crippen molar-refractivity contribution in [1.29, 1.82) is 0 Å². The van der Waals surface area contributed by atoms with Crippen LogP contribution in [0.2, 0.25) is 0 Å². The average molecular weight is 461 g/mol. The van der Waals surface area contributed by atoms with Gasteiger partial charge in [0.1, 0.15) is 17.1 Å². The van der Waals surface area contributed by atoms with Crippen molar-refractivity contribution in [3.05, 3.63) is 90.5 Å². The Bertz CT molecular complexity index is 1060. The molecule has 0 aromatic heterocycles. The second-order valence-corrected chi connectivity index (χ2v) is 9.60.